The Hall–Kier alpha value is -2.25. The number of nitro groups is 1. The van der Waals surface area contributed by atoms with Gasteiger partial charge in [-0.2, -0.15) is 8.78 Å². The topological polar surface area (TPSA) is 92.5 Å². The third-order valence-electron chi connectivity index (χ3n) is 1.61. The van der Waals surface area contributed by atoms with Crippen LogP contribution in [0, 0.1) is 10.1 Å². The van der Waals surface area contributed by atoms with Gasteiger partial charge >= 0.3 is 6.61 Å². The number of nitrogens with zero attached hydrogens (tertiary/aromatic N) is 1. The van der Waals surface area contributed by atoms with Crippen LogP contribution >= 0.6 is 0 Å². The molecule has 0 unspecified atom stereocenters. The van der Waals surface area contributed by atoms with Crippen LogP contribution in [0.15, 0.2) is 18.2 Å². The fourth-order valence-corrected chi connectivity index (χ4v) is 0.990. The molecule has 0 saturated carbocycles. The van der Waals surface area contributed by atoms with Gasteiger partial charge in [0.2, 0.25) is 0 Å². The van der Waals surface area contributed by atoms with Crippen LogP contribution in [0.1, 0.15) is 10.4 Å². The first kappa shape index (κ1) is 11.8. The zero-order valence-corrected chi connectivity index (χ0v) is 7.55. The SMILES string of the molecule is O=C([O-])c1cc([N+](=O)[O-])ccc1OC(F)F. The molecule has 0 aromatic heterocycles. The van der Waals surface area contributed by atoms with Gasteiger partial charge in [0.1, 0.15) is 5.75 Å². The van der Waals surface area contributed by atoms with E-state index in [1.807, 2.05) is 0 Å². The van der Waals surface area contributed by atoms with Crippen LogP contribution in [0.5, 0.6) is 5.75 Å². The second-order valence-electron chi connectivity index (χ2n) is 2.60. The highest BCUT2D eigenvalue weighted by Gasteiger charge is 2.15. The highest BCUT2D eigenvalue weighted by atomic mass is 19.3. The lowest BCUT2D eigenvalue weighted by Gasteiger charge is -2.10. The minimum Gasteiger partial charge on any atom is -0.545 e. The van der Waals surface area contributed by atoms with Gasteiger partial charge in [0.05, 0.1) is 10.9 Å². The average Bonchev–Trinajstić information content (AvgIpc) is 2.16. The quantitative estimate of drug-likeness (QED) is 0.558. The predicted octanol–water partition coefficient (Wildman–Crippen LogP) is 0.560. The van der Waals surface area contributed by atoms with E-state index in [0.29, 0.717) is 6.07 Å². The molecule has 0 heterocycles. The Morgan fingerprint density at radius 3 is 2.50 bits per heavy atom. The Labute approximate surface area is 87.2 Å². The monoisotopic (exact) mass is 232 g/mol. The average molecular weight is 232 g/mol. The minimum atomic E-state index is -3.22. The van der Waals surface area contributed by atoms with Crippen molar-refractivity contribution in [3.05, 3.63) is 33.9 Å². The molecule has 0 N–H and O–H groups in total. The van der Waals surface area contributed by atoms with Gasteiger partial charge in [0.15, 0.2) is 0 Å². The first-order chi connectivity index (χ1) is 7.41. The van der Waals surface area contributed by atoms with E-state index >= 15 is 0 Å². The van der Waals surface area contributed by atoms with E-state index in [1.165, 1.54) is 0 Å². The summed E-state index contributed by atoms with van der Waals surface area (Å²) in [6.07, 6.45) is 0. The summed E-state index contributed by atoms with van der Waals surface area (Å²) >= 11 is 0. The Morgan fingerprint density at radius 2 is 2.06 bits per heavy atom. The summed E-state index contributed by atoms with van der Waals surface area (Å²) in [5.41, 5.74) is -1.35. The van der Waals surface area contributed by atoms with E-state index < -0.39 is 34.5 Å². The Balaban J connectivity index is 3.19. The van der Waals surface area contributed by atoms with E-state index in [2.05, 4.69) is 4.74 Å². The van der Waals surface area contributed by atoms with Crippen molar-refractivity contribution in [1.29, 1.82) is 0 Å². The third kappa shape index (κ3) is 2.62. The van der Waals surface area contributed by atoms with Crippen molar-refractivity contribution in [3.63, 3.8) is 0 Å². The van der Waals surface area contributed by atoms with Crippen molar-refractivity contribution in [2.24, 2.45) is 0 Å². The number of hydrogen-bond donors (Lipinski definition) is 0. The maximum absolute atomic E-state index is 11.9. The smallest absolute Gasteiger partial charge is 0.387 e. The summed E-state index contributed by atoms with van der Waals surface area (Å²) in [5.74, 6) is -2.51. The molecule has 1 aromatic rings. The van der Waals surface area contributed by atoms with Gasteiger partial charge in [-0.15, -0.1) is 0 Å². The lowest BCUT2D eigenvalue weighted by Crippen LogP contribution is -2.23. The number of rotatable bonds is 4. The second kappa shape index (κ2) is 4.51. The summed E-state index contributed by atoms with van der Waals surface area (Å²) < 4.78 is 27.6. The molecule has 86 valence electrons. The van der Waals surface area contributed by atoms with Gasteiger partial charge in [-0.05, 0) is 6.07 Å². The van der Waals surface area contributed by atoms with Crippen LogP contribution in [-0.2, 0) is 0 Å². The van der Waals surface area contributed by atoms with Crippen molar-refractivity contribution in [2.75, 3.05) is 0 Å². The number of alkyl halides is 2. The highest BCUT2D eigenvalue weighted by molar-refractivity contribution is 5.90. The number of non-ortho nitro benzene ring substituents is 1. The van der Waals surface area contributed by atoms with E-state index in [1.54, 1.807) is 0 Å². The molecule has 0 amide bonds. The predicted molar refractivity (Wildman–Crippen MR) is 44.1 cm³/mol. The Morgan fingerprint density at radius 1 is 1.44 bits per heavy atom. The summed E-state index contributed by atoms with van der Waals surface area (Å²) in [6.45, 7) is -3.22. The molecule has 0 aliphatic heterocycles. The first-order valence-corrected chi connectivity index (χ1v) is 3.86. The van der Waals surface area contributed by atoms with Gasteiger partial charge in [-0.1, -0.05) is 0 Å². The van der Waals surface area contributed by atoms with Gasteiger partial charge < -0.3 is 14.6 Å². The van der Waals surface area contributed by atoms with Crippen LogP contribution in [0.3, 0.4) is 0 Å². The molecule has 0 fully saturated rings. The van der Waals surface area contributed by atoms with Crippen LogP contribution < -0.4 is 9.84 Å². The van der Waals surface area contributed by atoms with E-state index in [-0.39, 0.29) is 0 Å². The largest absolute Gasteiger partial charge is 0.545 e. The molecule has 8 heteroatoms. The molecule has 0 radical (unpaired) electrons. The number of aromatic carboxylic acids is 1. The summed E-state index contributed by atoms with van der Waals surface area (Å²) in [7, 11) is 0. The second-order valence-corrected chi connectivity index (χ2v) is 2.60. The Bertz CT molecular complexity index is 434. The maximum Gasteiger partial charge on any atom is 0.387 e. The molecule has 16 heavy (non-hydrogen) atoms. The normalized spacial score (nSPS) is 10.2. The molecular weight excluding hydrogens is 228 g/mol. The molecule has 0 saturated heterocycles. The maximum atomic E-state index is 11.9. The van der Waals surface area contributed by atoms with Gasteiger partial charge in [0.25, 0.3) is 5.69 Å². The molecule has 1 aromatic carbocycles. The van der Waals surface area contributed by atoms with Crippen LogP contribution in [0.25, 0.3) is 0 Å². The summed E-state index contributed by atoms with van der Waals surface area (Å²) in [4.78, 5) is 20.0. The third-order valence-corrected chi connectivity index (χ3v) is 1.61. The van der Waals surface area contributed by atoms with Crippen molar-refractivity contribution in [3.8, 4) is 5.75 Å². The van der Waals surface area contributed by atoms with Crippen LogP contribution in [-0.4, -0.2) is 17.5 Å². The van der Waals surface area contributed by atoms with Crippen molar-refractivity contribution >= 4 is 11.7 Å². The number of nitro benzene ring substituents is 1. The fourth-order valence-electron chi connectivity index (χ4n) is 0.990. The molecule has 0 aliphatic carbocycles. The lowest BCUT2D eigenvalue weighted by molar-refractivity contribution is -0.385. The molecule has 1 rings (SSSR count). The van der Waals surface area contributed by atoms with Crippen molar-refractivity contribution in [1.82, 2.24) is 0 Å². The van der Waals surface area contributed by atoms with Crippen LogP contribution in [0.2, 0.25) is 0 Å². The van der Waals surface area contributed by atoms with E-state index in [4.69, 9.17) is 0 Å². The fraction of sp³-hybridized carbons (Fsp3) is 0.125. The number of carbonyl (C=O) groups is 1. The van der Waals surface area contributed by atoms with Crippen molar-refractivity contribution in [2.45, 2.75) is 6.61 Å². The first-order valence-electron chi connectivity index (χ1n) is 3.86. The zero-order chi connectivity index (χ0) is 12.3. The van der Waals surface area contributed by atoms with Gasteiger partial charge in [-0.25, -0.2) is 0 Å². The highest BCUT2D eigenvalue weighted by Crippen LogP contribution is 2.24. The summed E-state index contributed by atoms with van der Waals surface area (Å²) in [5, 5.41) is 20.8. The number of halogens is 2. The summed E-state index contributed by atoms with van der Waals surface area (Å²) in [6, 6.07) is 2.21. The number of carboxylic acids is 1. The molecule has 6 nitrogen and oxygen atoms in total. The zero-order valence-electron chi connectivity index (χ0n) is 7.55. The molecule has 0 bridgehead atoms. The van der Waals surface area contributed by atoms with E-state index in [9.17, 15) is 28.8 Å². The van der Waals surface area contributed by atoms with Crippen LogP contribution in [0.4, 0.5) is 14.5 Å². The van der Waals surface area contributed by atoms with Gasteiger partial charge in [0, 0.05) is 17.7 Å². The Kier molecular flexibility index (Phi) is 3.33. The minimum absolute atomic E-state index is 0.555. The number of benzene rings is 1. The number of ether oxygens (including phenoxy) is 1. The molecule has 0 aliphatic rings. The molecule has 0 atom stereocenters. The van der Waals surface area contributed by atoms with Gasteiger partial charge in [-0.3, -0.25) is 10.1 Å². The van der Waals surface area contributed by atoms with E-state index in [0.717, 1.165) is 12.1 Å². The van der Waals surface area contributed by atoms with Crippen molar-refractivity contribution < 1.29 is 28.3 Å². The number of hydrogen-bond acceptors (Lipinski definition) is 5. The number of carboxylic acid groups (broad SMARTS) is 1. The number of carbonyl (C=O) groups excluding carboxylic acids is 1. The lowest BCUT2D eigenvalue weighted by atomic mass is 10.2. The molecule has 0 spiro atoms. The standard InChI is InChI=1S/C8H5F2NO5/c9-8(10)16-6-2-1-4(11(14)15)3-5(6)7(12)13/h1-3,8H,(H,12,13)/p-1. The molecular formula is C8H4F2NO5-.